The first-order chi connectivity index (χ1) is 10.1. The van der Waals surface area contributed by atoms with E-state index in [1.165, 1.54) is 0 Å². The molecule has 0 bridgehead atoms. The number of methoxy groups -OCH3 is 2. The molecule has 0 aliphatic carbocycles. The maximum Gasteiger partial charge on any atom is 0.150 e. The van der Waals surface area contributed by atoms with Crippen molar-refractivity contribution in [2.75, 3.05) is 44.1 Å². The molecule has 1 aliphatic rings. The Bertz CT molecular complexity index is 476. The molecule has 0 saturated carbocycles. The molecule has 1 fully saturated rings. The summed E-state index contributed by atoms with van der Waals surface area (Å²) >= 11 is 12.5. The average molecular weight is 334 g/mol. The highest BCUT2D eigenvalue weighted by atomic mass is 35.5. The summed E-state index contributed by atoms with van der Waals surface area (Å²) in [7, 11) is 3.37. The maximum atomic E-state index is 6.30. The molecule has 0 aromatic carbocycles. The molecular weight excluding hydrogens is 313 g/mol. The second-order valence-electron chi connectivity index (χ2n) is 5.00. The third-order valence-electron chi connectivity index (χ3n) is 3.57. The fourth-order valence-electron chi connectivity index (χ4n) is 2.42. The van der Waals surface area contributed by atoms with Crippen molar-refractivity contribution in [1.82, 2.24) is 4.98 Å². The van der Waals surface area contributed by atoms with Gasteiger partial charge in [-0.1, -0.05) is 30.1 Å². The van der Waals surface area contributed by atoms with Gasteiger partial charge in [-0.05, 0) is 12.5 Å². The number of hydrogen-bond donors (Lipinski definition) is 1. The molecule has 7 heteroatoms. The fraction of sp³-hybridized carbons (Fsp3) is 0.643. The molecule has 1 aromatic heterocycles. The molecule has 2 heterocycles. The van der Waals surface area contributed by atoms with Crippen molar-refractivity contribution in [3.63, 3.8) is 0 Å². The van der Waals surface area contributed by atoms with Crippen LogP contribution in [0.25, 0.3) is 0 Å². The molecule has 118 valence electrons. The van der Waals surface area contributed by atoms with Crippen LogP contribution in [0.1, 0.15) is 13.3 Å². The summed E-state index contributed by atoms with van der Waals surface area (Å²) in [5, 5.41) is 4.28. The van der Waals surface area contributed by atoms with Crippen molar-refractivity contribution in [3.05, 3.63) is 16.1 Å². The number of nitrogens with zero attached hydrogens (tertiary/aromatic N) is 2. The predicted octanol–water partition coefficient (Wildman–Crippen LogP) is 3.06. The number of anilines is 2. The van der Waals surface area contributed by atoms with Gasteiger partial charge in [0.15, 0.2) is 0 Å². The fourth-order valence-corrected chi connectivity index (χ4v) is 2.96. The van der Waals surface area contributed by atoms with Gasteiger partial charge in [0.2, 0.25) is 0 Å². The zero-order valence-electron chi connectivity index (χ0n) is 12.5. The number of ether oxygens (including phenoxy) is 2. The Kier molecular flexibility index (Phi) is 5.93. The first-order valence-corrected chi connectivity index (χ1v) is 7.76. The molecule has 1 aliphatic heterocycles. The molecule has 2 unspecified atom stereocenters. The number of rotatable bonds is 6. The van der Waals surface area contributed by atoms with Crippen molar-refractivity contribution in [3.8, 4) is 0 Å². The number of nitrogens with one attached hydrogen (secondary N) is 1. The van der Waals surface area contributed by atoms with Crippen molar-refractivity contribution in [2.45, 2.75) is 25.6 Å². The van der Waals surface area contributed by atoms with E-state index in [2.05, 4.69) is 22.1 Å². The Hall–Kier alpha value is -0.750. The summed E-state index contributed by atoms with van der Waals surface area (Å²) in [6.07, 6.45) is 1.02. The van der Waals surface area contributed by atoms with Crippen LogP contribution >= 0.6 is 23.2 Å². The lowest BCUT2D eigenvalue weighted by Gasteiger charge is -2.20. The maximum absolute atomic E-state index is 6.30. The van der Waals surface area contributed by atoms with Gasteiger partial charge in [0.1, 0.15) is 23.8 Å². The molecule has 2 atom stereocenters. The van der Waals surface area contributed by atoms with E-state index < -0.39 is 0 Å². The molecule has 5 nitrogen and oxygen atoms in total. The number of pyridine rings is 1. The van der Waals surface area contributed by atoms with Gasteiger partial charge < -0.3 is 19.7 Å². The van der Waals surface area contributed by atoms with Crippen molar-refractivity contribution in [2.24, 2.45) is 0 Å². The number of aromatic nitrogens is 1. The topological polar surface area (TPSA) is 46.6 Å². The minimum atomic E-state index is 0.00981. The van der Waals surface area contributed by atoms with Crippen molar-refractivity contribution >= 4 is 34.8 Å². The lowest BCUT2D eigenvalue weighted by atomic mass is 10.3. The second-order valence-corrected chi connectivity index (χ2v) is 5.82. The van der Waals surface area contributed by atoms with Gasteiger partial charge >= 0.3 is 0 Å². The van der Waals surface area contributed by atoms with Crippen LogP contribution < -0.4 is 10.2 Å². The summed E-state index contributed by atoms with van der Waals surface area (Å²) in [6.45, 7) is 4.28. The van der Waals surface area contributed by atoms with Crippen LogP contribution in [0.3, 0.4) is 0 Å². The molecule has 1 N–H and O–H groups in total. The van der Waals surface area contributed by atoms with Crippen LogP contribution in [-0.2, 0) is 9.47 Å². The zero-order valence-corrected chi connectivity index (χ0v) is 14.0. The number of hydrogen-bond acceptors (Lipinski definition) is 5. The monoisotopic (exact) mass is 333 g/mol. The van der Waals surface area contributed by atoms with Crippen LogP contribution in [0.2, 0.25) is 10.0 Å². The smallest absolute Gasteiger partial charge is 0.150 e. The molecular formula is C14H21Cl2N3O2. The third-order valence-corrected chi connectivity index (χ3v) is 4.14. The van der Waals surface area contributed by atoms with Crippen LogP contribution in [0.4, 0.5) is 11.6 Å². The Balaban J connectivity index is 2.23. The van der Waals surface area contributed by atoms with Gasteiger partial charge in [0, 0.05) is 33.9 Å². The zero-order chi connectivity index (χ0) is 15.4. The van der Waals surface area contributed by atoms with Gasteiger partial charge in [0.25, 0.3) is 0 Å². The second kappa shape index (κ2) is 7.49. The summed E-state index contributed by atoms with van der Waals surface area (Å²) in [4.78, 5) is 6.64. The summed E-state index contributed by atoms with van der Waals surface area (Å²) in [5.74, 6) is 1.37. The predicted molar refractivity (Wildman–Crippen MR) is 86.8 cm³/mol. The van der Waals surface area contributed by atoms with Gasteiger partial charge in [-0.25, -0.2) is 4.98 Å². The van der Waals surface area contributed by atoms with E-state index in [0.29, 0.717) is 34.8 Å². The van der Waals surface area contributed by atoms with Crippen molar-refractivity contribution in [1.29, 1.82) is 0 Å². The lowest BCUT2D eigenvalue weighted by Crippen LogP contribution is -2.27. The van der Waals surface area contributed by atoms with Gasteiger partial charge in [-0.15, -0.1) is 0 Å². The Morgan fingerprint density at radius 1 is 1.24 bits per heavy atom. The van der Waals surface area contributed by atoms with Crippen LogP contribution in [0.15, 0.2) is 6.07 Å². The van der Waals surface area contributed by atoms with Gasteiger partial charge in [-0.3, -0.25) is 0 Å². The van der Waals surface area contributed by atoms with E-state index in [0.717, 1.165) is 13.0 Å². The Morgan fingerprint density at radius 2 is 1.86 bits per heavy atom. The highest BCUT2D eigenvalue weighted by Crippen LogP contribution is 2.33. The van der Waals surface area contributed by atoms with E-state index in [9.17, 15) is 0 Å². The van der Waals surface area contributed by atoms with E-state index in [-0.39, 0.29) is 12.2 Å². The Morgan fingerprint density at radius 3 is 2.38 bits per heavy atom. The van der Waals surface area contributed by atoms with Crippen LogP contribution in [0.5, 0.6) is 0 Å². The third kappa shape index (κ3) is 3.72. The highest BCUT2D eigenvalue weighted by molar-refractivity contribution is 6.37. The average Bonchev–Trinajstić information content (AvgIpc) is 2.89. The minimum Gasteiger partial charge on any atom is -0.377 e. The van der Waals surface area contributed by atoms with Crippen LogP contribution in [-0.4, -0.2) is 51.0 Å². The summed E-state index contributed by atoms with van der Waals surface area (Å²) in [5.41, 5.74) is 0. The van der Waals surface area contributed by atoms with Crippen molar-refractivity contribution < 1.29 is 9.47 Å². The standard InChI is InChI=1S/C14H21Cl2N3O2/c1-4-5-17-13-9(15)6-10(16)14(18-13)19-7-11(20-2)12(8-19)21-3/h6,11-12H,4-5,7-8H2,1-3H3,(H,17,18). The molecule has 0 spiro atoms. The molecule has 1 aromatic rings. The SMILES string of the molecule is CCCNc1nc(N2CC(OC)C(OC)C2)c(Cl)cc1Cl. The number of halogens is 2. The molecule has 2 rings (SSSR count). The van der Waals surface area contributed by atoms with E-state index >= 15 is 0 Å². The molecule has 1 saturated heterocycles. The Labute approximate surface area is 135 Å². The lowest BCUT2D eigenvalue weighted by molar-refractivity contribution is -0.00461. The molecule has 21 heavy (non-hydrogen) atoms. The van der Waals surface area contributed by atoms with Crippen LogP contribution in [0, 0.1) is 0 Å². The van der Waals surface area contributed by atoms with E-state index in [1.54, 1.807) is 20.3 Å². The normalized spacial score (nSPS) is 21.9. The van der Waals surface area contributed by atoms with Gasteiger partial charge in [0.05, 0.1) is 10.0 Å². The first kappa shape index (κ1) is 16.6. The quantitative estimate of drug-likeness (QED) is 0.866. The molecule has 0 amide bonds. The largest absolute Gasteiger partial charge is 0.377 e. The van der Waals surface area contributed by atoms with Gasteiger partial charge in [-0.2, -0.15) is 0 Å². The summed E-state index contributed by atoms with van der Waals surface area (Å²) in [6, 6.07) is 1.73. The van der Waals surface area contributed by atoms with E-state index in [4.69, 9.17) is 32.7 Å². The molecule has 0 radical (unpaired) electrons. The first-order valence-electron chi connectivity index (χ1n) is 7.01. The highest BCUT2D eigenvalue weighted by Gasteiger charge is 2.34. The summed E-state index contributed by atoms with van der Waals surface area (Å²) < 4.78 is 10.9. The minimum absolute atomic E-state index is 0.00981. The van der Waals surface area contributed by atoms with E-state index in [1.807, 2.05) is 0 Å².